The zero-order valence-electron chi connectivity index (χ0n) is 9.54. The number of carboxylic acids is 1. The Labute approximate surface area is 106 Å². The van der Waals surface area contributed by atoms with Gasteiger partial charge >= 0.3 is 5.97 Å². The summed E-state index contributed by atoms with van der Waals surface area (Å²) in [5.41, 5.74) is 0. The first-order valence-electron chi connectivity index (χ1n) is 5.81. The smallest absolute Gasteiger partial charge is 0.306 e. The third-order valence-corrected chi connectivity index (χ3v) is 6.78. The standard InChI is InChI=1S/C10H17NO4S2/c12-10(13)8-1-2-9(7-8)17(14,15)11-3-5-16-6-4-11/h8-9H,1-7H2,(H,12,13). The van der Waals surface area contributed by atoms with Gasteiger partial charge in [-0.3, -0.25) is 4.79 Å². The van der Waals surface area contributed by atoms with E-state index >= 15 is 0 Å². The number of carbonyl (C=O) groups is 1. The summed E-state index contributed by atoms with van der Waals surface area (Å²) in [6.45, 7) is 1.14. The summed E-state index contributed by atoms with van der Waals surface area (Å²) in [4.78, 5) is 10.8. The Hall–Kier alpha value is -0.270. The van der Waals surface area contributed by atoms with Gasteiger partial charge in [0, 0.05) is 24.6 Å². The normalized spacial score (nSPS) is 31.5. The molecule has 0 amide bonds. The van der Waals surface area contributed by atoms with Gasteiger partial charge in [-0.2, -0.15) is 11.8 Å². The van der Waals surface area contributed by atoms with Crippen molar-refractivity contribution in [1.29, 1.82) is 0 Å². The average molecular weight is 279 g/mol. The number of rotatable bonds is 3. The van der Waals surface area contributed by atoms with E-state index in [1.165, 1.54) is 0 Å². The van der Waals surface area contributed by atoms with Crippen molar-refractivity contribution in [3.8, 4) is 0 Å². The van der Waals surface area contributed by atoms with Crippen LogP contribution >= 0.6 is 11.8 Å². The van der Waals surface area contributed by atoms with Crippen LogP contribution in [0, 0.1) is 5.92 Å². The van der Waals surface area contributed by atoms with Crippen LogP contribution in [0.15, 0.2) is 0 Å². The van der Waals surface area contributed by atoms with E-state index < -0.39 is 27.2 Å². The third kappa shape index (κ3) is 2.77. The van der Waals surface area contributed by atoms with E-state index in [1.54, 1.807) is 16.1 Å². The summed E-state index contributed by atoms with van der Waals surface area (Å²) in [6.07, 6.45) is 1.26. The van der Waals surface area contributed by atoms with Gasteiger partial charge in [-0.25, -0.2) is 12.7 Å². The first-order chi connectivity index (χ1) is 8.01. The maximum absolute atomic E-state index is 12.3. The number of thioether (sulfide) groups is 1. The number of hydrogen-bond donors (Lipinski definition) is 1. The molecule has 2 rings (SSSR count). The summed E-state index contributed by atoms with van der Waals surface area (Å²) in [5.74, 6) is 0.341. The fourth-order valence-electron chi connectivity index (χ4n) is 2.45. The summed E-state index contributed by atoms with van der Waals surface area (Å²) in [5, 5.41) is 8.42. The fraction of sp³-hybridized carbons (Fsp3) is 0.900. The van der Waals surface area contributed by atoms with Crippen molar-refractivity contribution in [2.24, 2.45) is 5.92 Å². The first kappa shape index (κ1) is 13.2. The van der Waals surface area contributed by atoms with Crippen molar-refractivity contribution < 1.29 is 18.3 Å². The molecule has 1 saturated heterocycles. The molecular formula is C10H17NO4S2. The van der Waals surface area contributed by atoms with E-state index in [4.69, 9.17) is 5.11 Å². The van der Waals surface area contributed by atoms with E-state index in [0.717, 1.165) is 11.5 Å². The number of nitrogens with zero attached hydrogens (tertiary/aromatic N) is 1. The van der Waals surface area contributed by atoms with Crippen LogP contribution in [0.5, 0.6) is 0 Å². The largest absolute Gasteiger partial charge is 0.481 e. The molecule has 2 aliphatic rings. The monoisotopic (exact) mass is 279 g/mol. The van der Waals surface area contributed by atoms with Crippen molar-refractivity contribution in [3.63, 3.8) is 0 Å². The molecule has 0 aromatic rings. The minimum atomic E-state index is -3.27. The molecule has 98 valence electrons. The molecule has 2 fully saturated rings. The van der Waals surface area contributed by atoms with Gasteiger partial charge in [-0.1, -0.05) is 0 Å². The summed E-state index contributed by atoms with van der Waals surface area (Å²) in [6, 6.07) is 0. The van der Waals surface area contributed by atoms with E-state index in [0.29, 0.717) is 25.9 Å². The van der Waals surface area contributed by atoms with Gasteiger partial charge in [0.15, 0.2) is 0 Å². The van der Waals surface area contributed by atoms with Gasteiger partial charge in [-0.15, -0.1) is 0 Å². The molecule has 1 aliphatic heterocycles. The van der Waals surface area contributed by atoms with Crippen LogP contribution in [-0.2, 0) is 14.8 Å². The van der Waals surface area contributed by atoms with Crippen LogP contribution < -0.4 is 0 Å². The highest BCUT2D eigenvalue weighted by Gasteiger charge is 2.40. The third-order valence-electron chi connectivity index (χ3n) is 3.48. The summed E-state index contributed by atoms with van der Waals surface area (Å²) < 4.78 is 26.1. The second-order valence-corrected chi connectivity index (χ2v) is 7.96. The molecule has 5 nitrogen and oxygen atoms in total. The van der Waals surface area contributed by atoms with E-state index in [-0.39, 0.29) is 6.42 Å². The zero-order chi connectivity index (χ0) is 12.5. The van der Waals surface area contributed by atoms with Gasteiger partial charge in [0.05, 0.1) is 11.2 Å². The summed E-state index contributed by atoms with van der Waals surface area (Å²) in [7, 11) is -3.27. The van der Waals surface area contributed by atoms with E-state index in [1.807, 2.05) is 0 Å². The zero-order valence-corrected chi connectivity index (χ0v) is 11.2. The van der Waals surface area contributed by atoms with Crippen molar-refractivity contribution in [3.05, 3.63) is 0 Å². The van der Waals surface area contributed by atoms with Crippen molar-refractivity contribution in [2.75, 3.05) is 24.6 Å². The van der Waals surface area contributed by atoms with Gasteiger partial charge in [0.1, 0.15) is 0 Å². The van der Waals surface area contributed by atoms with E-state index in [2.05, 4.69) is 0 Å². The Morgan fingerprint density at radius 3 is 2.41 bits per heavy atom. The predicted molar refractivity (Wildman–Crippen MR) is 66.6 cm³/mol. The number of hydrogen-bond acceptors (Lipinski definition) is 4. The molecule has 0 bridgehead atoms. The van der Waals surface area contributed by atoms with Gasteiger partial charge in [-0.05, 0) is 19.3 Å². The van der Waals surface area contributed by atoms with Crippen LogP contribution in [0.1, 0.15) is 19.3 Å². The Bertz CT molecular complexity index is 389. The van der Waals surface area contributed by atoms with Crippen molar-refractivity contribution in [2.45, 2.75) is 24.5 Å². The topological polar surface area (TPSA) is 74.7 Å². The highest BCUT2D eigenvalue weighted by atomic mass is 32.2. The number of carboxylic acid groups (broad SMARTS) is 1. The Morgan fingerprint density at radius 2 is 1.88 bits per heavy atom. The van der Waals surface area contributed by atoms with Crippen LogP contribution in [0.25, 0.3) is 0 Å². The lowest BCUT2D eigenvalue weighted by atomic mass is 10.1. The number of aliphatic carboxylic acids is 1. The van der Waals surface area contributed by atoms with E-state index in [9.17, 15) is 13.2 Å². The summed E-state index contributed by atoms with van der Waals surface area (Å²) >= 11 is 1.76. The molecule has 1 aliphatic carbocycles. The molecular weight excluding hydrogens is 262 g/mol. The second kappa shape index (κ2) is 5.16. The maximum atomic E-state index is 12.3. The highest BCUT2D eigenvalue weighted by molar-refractivity contribution is 7.99. The maximum Gasteiger partial charge on any atom is 0.306 e. The van der Waals surface area contributed by atoms with Gasteiger partial charge in [0.2, 0.25) is 10.0 Å². The lowest BCUT2D eigenvalue weighted by Gasteiger charge is -2.28. The number of sulfonamides is 1. The lowest BCUT2D eigenvalue weighted by Crippen LogP contribution is -2.42. The predicted octanol–water partition coefficient (Wildman–Crippen LogP) is 0.618. The van der Waals surface area contributed by atoms with Crippen LogP contribution in [0.2, 0.25) is 0 Å². The minimum absolute atomic E-state index is 0.279. The van der Waals surface area contributed by atoms with Crippen LogP contribution in [0.3, 0.4) is 0 Å². The molecule has 17 heavy (non-hydrogen) atoms. The van der Waals surface area contributed by atoms with Crippen LogP contribution in [-0.4, -0.2) is 53.6 Å². The van der Waals surface area contributed by atoms with Crippen molar-refractivity contribution in [1.82, 2.24) is 4.31 Å². The second-order valence-electron chi connectivity index (χ2n) is 4.53. The average Bonchev–Trinajstić information content (AvgIpc) is 2.80. The molecule has 0 aromatic carbocycles. The van der Waals surface area contributed by atoms with Gasteiger partial charge < -0.3 is 5.11 Å². The molecule has 0 spiro atoms. The first-order valence-corrected chi connectivity index (χ1v) is 8.47. The molecule has 1 N–H and O–H groups in total. The molecule has 1 heterocycles. The highest BCUT2D eigenvalue weighted by Crippen LogP contribution is 2.32. The quantitative estimate of drug-likeness (QED) is 0.819. The lowest BCUT2D eigenvalue weighted by molar-refractivity contribution is -0.141. The Kier molecular flexibility index (Phi) is 3.99. The molecule has 0 aromatic heterocycles. The Balaban J connectivity index is 2.03. The molecule has 2 atom stereocenters. The molecule has 0 radical (unpaired) electrons. The molecule has 1 saturated carbocycles. The molecule has 2 unspecified atom stereocenters. The Morgan fingerprint density at radius 1 is 1.24 bits per heavy atom. The van der Waals surface area contributed by atoms with Gasteiger partial charge in [0.25, 0.3) is 0 Å². The SMILES string of the molecule is O=C(O)C1CCC(S(=O)(=O)N2CCSCC2)C1. The molecule has 7 heteroatoms. The fourth-order valence-corrected chi connectivity index (χ4v) is 5.60. The van der Waals surface area contributed by atoms with Crippen LogP contribution in [0.4, 0.5) is 0 Å². The minimum Gasteiger partial charge on any atom is -0.481 e. The van der Waals surface area contributed by atoms with Crippen molar-refractivity contribution >= 4 is 27.8 Å².